The number of hydrogen-bond donors (Lipinski definition) is 0. The van der Waals surface area contributed by atoms with Crippen molar-refractivity contribution in [3.05, 3.63) is 182 Å². The molecular weight excluding hydrogens is 1040 g/mol. The van der Waals surface area contributed by atoms with E-state index in [2.05, 4.69) is 0 Å². The summed E-state index contributed by atoms with van der Waals surface area (Å²) in [6.07, 6.45) is 0. The first kappa shape index (κ1) is 56.6. The maximum atomic E-state index is 6.25. The molecule has 14 heteroatoms. The molecule has 0 unspecified atom stereocenters. The van der Waals surface area contributed by atoms with Gasteiger partial charge in [0.15, 0.2) is 57.5 Å². The van der Waals surface area contributed by atoms with Crippen molar-refractivity contribution >= 4 is 53.9 Å². The molecule has 10 aromatic carbocycles. The molecule has 0 radical (unpaired) electrons. The fourth-order valence-corrected chi connectivity index (χ4v) is 9.31. The zero-order chi connectivity index (χ0) is 56.0. The van der Waals surface area contributed by atoms with Crippen molar-refractivity contribution in [1.29, 1.82) is 0 Å². The molecule has 0 saturated heterocycles. The first-order valence-electron chi connectivity index (χ1n) is 27.6. The molecule has 0 bridgehead atoms. The molecule has 424 valence electrons. The Morgan fingerprint density at radius 2 is 0.317 bits per heavy atom. The van der Waals surface area contributed by atoms with Gasteiger partial charge in [-0.2, -0.15) is 0 Å². The third-order valence-electron chi connectivity index (χ3n) is 13.4. The summed E-state index contributed by atoms with van der Waals surface area (Å²) >= 11 is 0. The van der Waals surface area contributed by atoms with Crippen molar-refractivity contribution in [2.75, 3.05) is 120 Å². The van der Waals surface area contributed by atoms with Crippen LogP contribution in [0.15, 0.2) is 182 Å². The molecule has 0 aliphatic rings. The number of hydrogen-bond acceptors (Lipinski definition) is 14. The maximum Gasteiger partial charge on any atom is 0.161 e. The Morgan fingerprint density at radius 1 is 0.183 bits per heavy atom. The quantitative estimate of drug-likeness (QED) is 0.0355. The van der Waals surface area contributed by atoms with Gasteiger partial charge in [0.2, 0.25) is 0 Å². The van der Waals surface area contributed by atoms with Gasteiger partial charge in [-0.1, -0.05) is 121 Å². The van der Waals surface area contributed by atoms with Crippen molar-refractivity contribution < 1.29 is 66.3 Å². The monoisotopic (exact) mass is 1110 g/mol. The zero-order valence-electron chi connectivity index (χ0n) is 46.3. The summed E-state index contributed by atoms with van der Waals surface area (Å²) in [6, 6.07) is 60.3. The molecule has 10 aromatic rings. The van der Waals surface area contributed by atoms with Gasteiger partial charge in [-0.15, -0.1) is 0 Å². The molecule has 0 heterocycles. The van der Waals surface area contributed by atoms with Gasteiger partial charge in [-0.3, -0.25) is 0 Å². The largest absolute Gasteiger partial charge is 0.493 e. The molecule has 14 nitrogen and oxygen atoms in total. The molecule has 82 heavy (non-hydrogen) atoms. The second-order valence-electron chi connectivity index (χ2n) is 18.9. The second kappa shape index (κ2) is 29.7. The molecule has 10 rings (SSSR count). The summed E-state index contributed by atoms with van der Waals surface area (Å²) in [5.74, 6) is 6.46. The van der Waals surface area contributed by atoms with E-state index in [1.165, 1.54) is 0 Å². The van der Waals surface area contributed by atoms with Gasteiger partial charge in [0, 0.05) is 0 Å². The van der Waals surface area contributed by atoms with Crippen LogP contribution in [0.3, 0.4) is 0 Å². The minimum Gasteiger partial charge on any atom is -0.493 e. The van der Waals surface area contributed by atoms with Crippen LogP contribution >= 0.6 is 0 Å². The van der Waals surface area contributed by atoms with Gasteiger partial charge in [0.05, 0.1) is 67.1 Å². The van der Waals surface area contributed by atoms with Crippen LogP contribution < -0.4 is 47.4 Å². The Labute approximate surface area is 477 Å². The zero-order valence-corrected chi connectivity index (χ0v) is 46.3. The maximum absolute atomic E-state index is 6.25. The average molecular weight is 1110 g/mol. The SMILES string of the molecule is COc1cc2ccccc2cc1OCCOCCOc1cc2ccccc2cc1OCCOCCOc1cc2ccccc2cc1OCCOCCOc1cc2ccccc2cc1OCCOCCOc1cc2ccccc2cc1OC. The number of fused-ring (bicyclic) bond motifs is 5. The molecule has 0 spiro atoms. The van der Waals surface area contributed by atoms with Crippen LogP contribution in [0.4, 0.5) is 0 Å². The van der Waals surface area contributed by atoms with E-state index in [0.717, 1.165) is 53.9 Å². The predicted octanol–water partition coefficient (Wildman–Crippen LogP) is 13.4. The third-order valence-corrected chi connectivity index (χ3v) is 13.4. The minimum atomic E-state index is 0.304. The van der Waals surface area contributed by atoms with Crippen LogP contribution in [0, 0.1) is 0 Å². The highest BCUT2D eigenvalue weighted by molar-refractivity contribution is 5.89. The molecule has 0 fully saturated rings. The van der Waals surface area contributed by atoms with E-state index in [1.807, 2.05) is 182 Å². The van der Waals surface area contributed by atoms with Crippen LogP contribution in [0.2, 0.25) is 0 Å². The van der Waals surface area contributed by atoms with Crippen molar-refractivity contribution in [2.45, 2.75) is 0 Å². The van der Waals surface area contributed by atoms with Gasteiger partial charge >= 0.3 is 0 Å². The molecule has 0 N–H and O–H groups in total. The lowest BCUT2D eigenvalue weighted by Crippen LogP contribution is -2.15. The van der Waals surface area contributed by atoms with Gasteiger partial charge in [0.25, 0.3) is 0 Å². The molecule has 0 atom stereocenters. The van der Waals surface area contributed by atoms with Crippen molar-refractivity contribution in [1.82, 2.24) is 0 Å². The Bertz CT molecular complexity index is 3400. The fourth-order valence-electron chi connectivity index (χ4n) is 9.31. The van der Waals surface area contributed by atoms with E-state index in [4.69, 9.17) is 66.3 Å². The van der Waals surface area contributed by atoms with Crippen molar-refractivity contribution in [3.8, 4) is 57.5 Å². The number of benzene rings is 10. The minimum absolute atomic E-state index is 0.304. The lowest BCUT2D eigenvalue weighted by molar-refractivity contribution is 0.0661. The number of methoxy groups -OCH3 is 2. The molecular formula is C68H68O14. The molecule has 0 saturated carbocycles. The van der Waals surface area contributed by atoms with Gasteiger partial charge in [0.1, 0.15) is 52.9 Å². The van der Waals surface area contributed by atoms with Crippen LogP contribution in [-0.4, -0.2) is 120 Å². The highest BCUT2D eigenvalue weighted by atomic mass is 16.6. The standard InChI is InChI=1S/C68H68O14/c1-69-59-39-49-13-3-5-15-51(49)41-61(59)75-31-23-71-25-33-77-63-43-53-17-7-9-19-55(53)45-65(63)79-35-27-73-29-37-81-67-47-57-21-11-12-22-58(57)48-68(67)82-38-30-74-28-36-80-66-46-56-20-10-8-18-54(56)44-64(66)78-34-26-72-24-32-76-62-42-52-16-6-4-14-50(52)40-60(62)70-2/h3-22,39-48H,23-38H2,1-2H3. The number of ether oxygens (including phenoxy) is 14. The molecule has 0 aliphatic heterocycles. The van der Waals surface area contributed by atoms with E-state index in [-0.39, 0.29) is 0 Å². The summed E-state index contributed by atoms with van der Waals surface area (Å²) < 4.78 is 84.2. The Balaban J connectivity index is 0.628. The first-order valence-corrected chi connectivity index (χ1v) is 27.6. The lowest BCUT2D eigenvalue weighted by Gasteiger charge is -2.16. The number of rotatable bonds is 34. The van der Waals surface area contributed by atoms with Crippen molar-refractivity contribution in [2.24, 2.45) is 0 Å². The van der Waals surface area contributed by atoms with Crippen LogP contribution in [-0.2, 0) is 18.9 Å². The van der Waals surface area contributed by atoms with E-state index < -0.39 is 0 Å². The van der Waals surface area contributed by atoms with Crippen LogP contribution in [0.25, 0.3) is 53.9 Å². The summed E-state index contributed by atoms with van der Waals surface area (Å²) in [5.41, 5.74) is 0. The summed E-state index contributed by atoms with van der Waals surface area (Å²) in [6.45, 7) is 5.50. The summed E-state index contributed by atoms with van der Waals surface area (Å²) in [7, 11) is 3.28. The molecule has 0 amide bonds. The second-order valence-corrected chi connectivity index (χ2v) is 18.9. The van der Waals surface area contributed by atoms with Gasteiger partial charge < -0.3 is 66.3 Å². The third kappa shape index (κ3) is 15.6. The van der Waals surface area contributed by atoms with Crippen molar-refractivity contribution in [3.63, 3.8) is 0 Å². The van der Waals surface area contributed by atoms with Gasteiger partial charge in [-0.25, -0.2) is 0 Å². The van der Waals surface area contributed by atoms with Crippen LogP contribution in [0.1, 0.15) is 0 Å². The topological polar surface area (TPSA) is 129 Å². The fraction of sp³-hybridized carbons (Fsp3) is 0.265. The summed E-state index contributed by atoms with van der Waals surface area (Å²) in [5, 5.41) is 10.6. The van der Waals surface area contributed by atoms with Gasteiger partial charge in [-0.05, 0) is 115 Å². The highest BCUT2D eigenvalue weighted by Gasteiger charge is 2.14. The average Bonchev–Trinajstić information content (AvgIpc) is 3.57. The Kier molecular flexibility index (Phi) is 20.5. The predicted molar refractivity (Wildman–Crippen MR) is 320 cm³/mol. The van der Waals surface area contributed by atoms with E-state index in [9.17, 15) is 0 Å². The lowest BCUT2D eigenvalue weighted by atomic mass is 10.1. The normalized spacial score (nSPS) is 11.3. The van der Waals surface area contributed by atoms with E-state index >= 15 is 0 Å². The van der Waals surface area contributed by atoms with E-state index in [1.54, 1.807) is 14.2 Å². The Morgan fingerprint density at radius 3 is 0.463 bits per heavy atom. The first-order chi connectivity index (χ1) is 40.6. The summed E-state index contributed by atoms with van der Waals surface area (Å²) in [4.78, 5) is 0. The molecule has 0 aromatic heterocycles. The van der Waals surface area contributed by atoms with E-state index in [0.29, 0.717) is 163 Å². The van der Waals surface area contributed by atoms with Crippen LogP contribution in [0.5, 0.6) is 57.5 Å². The Hall–Kier alpha value is -8.66. The smallest absolute Gasteiger partial charge is 0.161 e. The highest BCUT2D eigenvalue weighted by Crippen LogP contribution is 2.37. The molecule has 0 aliphatic carbocycles.